The van der Waals surface area contributed by atoms with Crippen LogP contribution in [-0.2, 0) is 9.53 Å². The lowest BCUT2D eigenvalue weighted by atomic mass is 10.0. The first-order valence-electron chi connectivity index (χ1n) is 10.9. The van der Waals surface area contributed by atoms with Crippen LogP contribution in [0.15, 0.2) is 43.0 Å². The topological polar surface area (TPSA) is 96.2 Å². The molecular formula is C24H40O6. The Labute approximate surface area is 181 Å². The molecule has 0 aliphatic carbocycles. The number of carboxylic acid groups (broad SMARTS) is 1. The number of hydrogen-bond donors (Lipinski definition) is 3. The molecule has 0 saturated heterocycles. The number of aliphatic carboxylic acids is 1. The summed E-state index contributed by atoms with van der Waals surface area (Å²) in [6.45, 7) is 7.11. The van der Waals surface area contributed by atoms with Crippen LogP contribution in [0.1, 0.15) is 65.2 Å². The van der Waals surface area contributed by atoms with Gasteiger partial charge in [-0.15, -0.1) is 0 Å². The molecule has 0 saturated carbocycles. The summed E-state index contributed by atoms with van der Waals surface area (Å²) in [5.41, 5.74) is 0. The molecule has 0 aromatic heterocycles. The number of benzene rings is 1. The largest absolute Gasteiger partial charge is 0.488 e. The molecule has 0 fully saturated rings. The molecule has 0 heterocycles. The van der Waals surface area contributed by atoms with Crippen molar-refractivity contribution in [1.29, 1.82) is 0 Å². The Hall–Kier alpha value is -1.89. The second-order valence-electron chi connectivity index (χ2n) is 7.32. The molecule has 1 aromatic carbocycles. The molecule has 0 radical (unpaired) electrons. The van der Waals surface area contributed by atoms with Gasteiger partial charge in [-0.05, 0) is 31.9 Å². The molecule has 6 heteroatoms. The van der Waals surface area contributed by atoms with Gasteiger partial charge in [0.15, 0.2) is 0 Å². The van der Waals surface area contributed by atoms with Crippen molar-refractivity contribution in [3.63, 3.8) is 0 Å². The number of carboxylic acids is 1. The highest BCUT2D eigenvalue weighted by Gasteiger charge is 2.22. The zero-order chi connectivity index (χ0) is 22.6. The average molecular weight is 425 g/mol. The Morgan fingerprint density at radius 3 is 2.20 bits per heavy atom. The molecule has 0 bridgehead atoms. The van der Waals surface area contributed by atoms with Crippen molar-refractivity contribution in [2.45, 2.75) is 83.5 Å². The van der Waals surface area contributed by atoms with Crippen LogP contribution in [-0.4, -0.2) is 52.8 Å². The van der Waals surface area contributed by atoms with Crippen molar-refractivity contribution in [3.05, 3.63) is 43.0 Å². The minimum Gasteiger partial charge on any atom is -0.488 e. The van der Waals surface area contributed by atoms with E-state index in [1.807, 2.05) is 30.3 Å². The monoisotopic (exact) mass is 424 g/mol. The van der Waals surface area contributed by atoms with Crippen molar-refractivity contribution >= 4 is 5.97 Å². The van der Waals surface area contributed by atoms with Crippen molar-refractivity contribution in [1.82, 2.24) is 0 Å². The standard InChI is InChI=1S/C21H36O4.C3H4O2/c1-3-4-5-6-7-8-12-15-21(20(23)17-24-18(2)16-22)25-19-13-10-9-11-14-19;1-2-3(4)5/h9-11,13-14,18,20-23H,3-8,12,15-17H2,1-2H3;2H,1H2,(H,4,5). The quantitative estimate of drug-likeness (QED) is 0.265. The van der Waals surface area contributed by atoms with Gasteiger partial charge in [0.25, 0.3) is 0 Å². The summed E-state index contributed by atoms with van der Waals surface area (Å²) in [5.74, 6) is -0.213. The maximum absolute atomic E-state index is 10.5. The van der Waals surface area contributed by atoms with E-state index in [4.69, 9.17) is 19.7 Å². The lowest BCUT2D eigenvalue weighted by Gasteiger charge is -2.25. The summed E-state index contributed by atoms with van der Waals surface area (Å²) in [6, 6.07) is 9.61. The van der Waals surface area contributed by atoms with Crippen LogP contribution in [0, 0.1) is 0 Å². The third kappa shape index (κ3) is 16.0. The Morgan fingerprint density at radius 1 is 1.10 bits per heavy atom. The maximum atomic E-state index is 10.5. The van der Waals surface area contributed by atoms with E-state index in [1.165, 1.54) is 38.5 Å². The van der Waals surface area contributed by atoms with E-state index in [9.17, 15) is 9.90 Å². The molecule has 0 aliphatic rings. The van der Waals surface area contributed by atoms with Crippen LogP contribution in [0.4, 0.5) is 0 Å². The maximum Gasteiger partial charge on any atom is 0.327 e. The van der Waals surface area contributed by atoms with Gasteiger partial charge in [0.1, 0.15) is 18.0 Å². The second kappa shape index (κ2) is 19.1. The molecular weight excluding hydrogens is 384 g/mol. The van der Waals surface area contributed by atoms with E-state index in [0.29, 0.717) is 0 Å². The van der Waals surface area contributed by atoms with Gasteiger partial charge in [0.05, 0.1) is 19.3 Å². The van der Waals surface area contributed by atoms with Gasteiger partial charge < -0.3 is 24.8 Å². The normalized spacial score (nSPS) is 13.5. The molecule has 0 amide bonds. The van der Waals surface area contributed by atoms with Gasteiger partial charge in [-0.1, -0.05) is 70.2 Å². The van der Waals surface area contributed by atoms with E-state index < -0.39 is 12.1 Å². The number of para-hydroxylation sites is 1. The number of ether oxygens (including phenoxy) is 2. The van der Waals surface area contributed by atoms with Crippen LogP contribution < -0.4 is 4.74 Å². The Morgan fingerprint density at radius 2 is 1.67 bits per heavy atom. The molecule has 30 heavy (non-hydrogen) atoms. The van der Waals surface area contributed by atoms with E-state index in [0.717, 1.165) is 24.7 Å². The number of unbranched alkanes of at least 4 members (excludes halogenated alkanes) is 6. The van der Waals surface area contributed by atoms with E-state index in [-0.39, 0.29) is 25.4 Å². The minimum atomic E-state index is -0.981. The summed E-state index contributed by atoms with van der Waals surface area (Å²) in [7, 11) is 0. The smallest absolute Gasteiger partial charge is 0.327 e. The van der Waals surface area contributed by atoms with Gasteiger partial charge in [0.2, 0.25) is 0 Å². The first kappa shape index (κ1) is 28.1. The molecule has 3 unspecified atom stereocenters. The van der Waals surface area contributed by atoms with E-state index >= 15 is 0 Å². The predicted octanol–water partition coefficient (Wildman–Crippen LogP) is 4.59. The fraction of sp³-hybridized carbons (Fsp3) is 0.625. The van der Waals surface area contributed by atoms with Gasteiger partial charge >= 0.3 is 5.97 Å². The van der Waals surface area contributed by atoms with Gasteiger partial charge in [0, 0.05) is 6.08 Å². The third-order valence-electron chi connectivity index (χ3n) is 4.54. The minimum absolute atomic E-state index is 0.0469. The first-order chi connectivity index (χ1) is 14.4. The van der Waals surface area contributed by atoms with Crippen LogP contribution in [0.3, 0.4) is 0 Å². The summed E-state index contributed by atoms with van der Waals surface area (Å²) in [5, 5.41) is 27.1. The van der Waals surface area contributed by atoms with Crippen molar-refractivity contribution in [2.24, 2.45) is 0 Å². The molecule has 3 atom stereocenters. The third-order valence-corrected chi connectivity index (χ3v) is 4.54. The predicted molar refractivity (Wildman–Crippen MR) is 120 cm³/mol. The molecule has 0 aliphatic heterocycles. The zero-order valence-corrected chi connectivity index (χ0v) is 18.5. The zero-order valence-electron chi connectivity index (χ0n) is 18.5. The number of aliphatic hydroxyl groups is 2. The number of hydrogen-bond acceptors (Lipinski definition) is 5. The van der Waals surface area contributed by atoms with Crippen molar-refractivity contribution in [2.75, 3.05) is 13.2 Å². The van der Waals surface area contributed by atoms with Gasteiger partial charge in [-0.2, -0.15) is 0 Å². The highest BCUT2D eigenvalue weighted by Crippen LogP contribution is 2.18. The fourth-order valence-corrected chi connectivity index (χ4v) is 2.73. The Bertz CT molecular complexity index is 534. The lowest BCUT2D eigenvalue weighted by Crippen LogP contribution is -2.36. The lowest BCUT2D eigenvalue weighted by molar-refractivity contribution is -0.131. The van der Waals surface area contributed by atoms with Gasteiger partial charge in [-0.3, -0.25) is 0 Å². The SMILES string of the molecule is C=CC(=O)O.CCCCCCCCCC(Oc1ccccc1)C(O)COC(C)CO. The van der Waals surface area contributed by atoms with Gasteiger partial charge in [-0.25, -0.2) is 4.79 Å². The average Bonchev–Trinajstić information content (AvgIpc) is 2.76. The Kier molecular flexibility index (Phi) is 17.9. The summed E-state index contributed by atoms with van der Waals surface area (Å²) < 4.78 is 11.5. The van der Waals surface area contributed by atoms with Crippen molar-refractivity contribution < 1.29 is 29.6 Å². The first-order valence-corrected chi connectivity index (χ1v) is 10.9. The van der Waals surface area contributed by atoms with E-state index in [2.05, 4.69) is 13.5 Å². The molecule has 0 spiro atoms. The number of rotatable bonds is 16. The summed E-state index contributed by atoms with van der Waals surface area (Å²) in [4.78, 5) is 9.25. The molecule has 1 rings (SSSR count). The van der Waals surface area contributed by atoms with Crippen molar-refractivity contribution in [3.8, 4) is 5.75 Å². The van der Waals surface area contributed by atoms with Crippen LogP contribution in [0.25, 0.3) is 0 Å². The highest BCUT2D eigenvalue weighted by molar-refractivity contribution is 5.78. The van der Waals surface area contributed by atoms with Crippen LogP contribution in [0.2, 0.25) is 0 Å². The summed E-state index contributed by atoms with van der Waals surface area (Å²) in [6.07, 6.45) is 9.02. The van der Waals surface area contributed by atoms with Crippen LogP contribution in [0.5, 0.6) is 5.75 Å². The van der Waals surface area contributed by atoms with E-state index in [1.54, 1.807) is 6.92 Å². The fourth-order valence-electron chi connectivity index (χ4n) is 2.73. The van der Waals surface area contributed by atoms with Crippen LogP contribution >= 0.6 is 0 Å². The second-order valence-corrected chi connectivity index (χ2v) is 7.32. The Balaban J connectivity index is 0.00000150. The number of carbonyl (C=O) groups is 1. The summed E-state index contributed by atoms with van der Waals surface area (Å²) >= 11 is 0. The molecule has 3 N–H and O–H groups in total. The molecule has 172 valence electrons. The number of aliphatic hydroxyl groups excluding tert-OH is 2. The molecule has 1 aromatic rings. The molecule has 6 nitrogen and oxygen atoms in total. The highest BCUT2D eigenvalue weighted by atomic mass is 16.5.